The monoisotopic (exact) mass is 229 g/mol. The molecule has 1 rings (SSSR count). The number of hydrogen-bond acceptors (Lipinski definition) is 4. The number of carbonyl (C=O) groups excluding carboxylic acids is 1. The highest BCUT2D eigenvalue weighted by Crippen LogP contribution is 2.07. The van der Waals surface area contributed by atoms with Gasteiger partial charge in [-0.25, -0.2) is 0 Å². The number of β-amino-alcohol motifs (C(OH)–C–C–N with tert-alkyl or cyclic N) is 1. The zero-order valence-corrected chi connectivity index (χ0v) is 10.0. The maximum atomic E-state index is 11.1. The predicted molar refractivity (Wildman–Crippen MR) is 63.2 cm³/mol. The maximum absolute atomic E-state index is 11.1. The number of likely N-dealkylation sites (tertiary alicyclic amines) is 1. The number of rotatable bonds is 7. The number of likely N-dealkylation sites (N-methyl/N-ethyl adjacent to an activating group) is 1. The average Bonchev–Trinajstić information content (AvgIpc) is 2.70. The number of hydrogen-bond donors (Lipinski definition) is 3. The van der Waals surface area contributed by atoms with Gasteiger partial charge in [0, 0.05) is 19.6 Å². The standard InChI is InChI=1S/C11H23N3O2/c1-2-13-11(16)8-12-7-10(15)9-14-5-3-4-6-14/h10,12,15H,2-9H2,1H3,(H,13,16). The van der Waals surface area contributed by atoms with E-state index in [0.29, 0.717) is 19.6 Å². The lowest BCUT2D eigenvalue weighted by atomic mass is 10.3. The second-order valence-corrected chi connectivity index (χ2v) is 4.25. The van der Waals surface area contributed by atoms with Gasteiger partial charge in [0.2, 0.25) is 5.91 Å². The van der Waals surface area contributed by atoms with Gasteiger partial charge in [-0.3, -0.25) is 4.79 Å². The Balaban J connectivity index is 2.01. The lowest BCUT2D eigenvalue weighted by molar-refractivity contribution is -0.120. The third kappa shape index (κ3) is 5.44. The summed E-state index contributed by atoms with van der Waals surface area (Å²) in [7, 11) is 0. The minimum Gasteiger partial charge on any atom is -0.390 e. The van der Waals surface area contributed by atoms with E-state index in [1.807, 2.05) is 6.92 Å². The zero-order chi connectivity index (χ0) is 11.8. The second kappa shape index (κ2) is 7.60. The summed E-state index contributed by atoms with van der Waals surface area (Å²) < 4.78 is 0. The summed E-state index contributed by atoms with van der Waals surface area (Å²) in [4.78, 5) is 13.4. The minimum absolute atomic E-state index is 0.0177. The molecule has 5 heteroatoms. The lowest BCUT2D eigenvalue weighted by Crippen LogP contribution is -2.41. The van der Waals surface area contributed by atoms with Crippen LogP contribution in [0.1, 0.15) is 19.8 Å². The fourth-order valence-corrected chi connectivity index (χ4v) is 1.94. The molecule has 0 bridgehead atoms. The molecule has 0 aromatic rings. The van der Waals surface area contributed by atoms with Gasteiger partial charge in [0.25, 0.3) is 0 Å². The molecule has 0 aromatic heterocycles. The van der Waals surface area contributed by atoms with E-state index in [0.717, 1.165) is 13.1 Å². The van der Waals surface area contributed by atoms with E-state index in [1.165, 1.54) is 12.8 Å². The van der Waals surface area contributed by atoms with E-state index in [1.54, 1.807) is 0 Å². The molecule has 0 aromatic carbocycles. The van der Waals surface area contributed by atoms with Gasteiger partial charge < -0.3 is 20.6 Å². The third-order valence-electron chi connectivity index (χ3n) is 2.71. The van der Waals surface area contributed by atoms with Crippen molar-refractivity contribution in [2.75, 3.05) is 39.3 Å². The molecule has 1 saturated heterocycles. The fourth-order valence-electron chi connectivity index (χ4n) is 1.94. The summed E-state index contributed by atoms with van der Waals surface area (Å²) in [6.07, 6.45) is 2.09. The molecule has 0 aliphatic carbocycles. The summed E-state index contributed by atoms with van der Waals surface area (Å²) >= 11 is 0. The molecule has 1 fully saturated rings. The van der Waals surface area contributed by atoms with Crippen molar-refractivity contribution in [1.82, 2.24) is 15.5 Å². The molecule has 94 valence electrons. The molecule has 1 heterocycles. The number of nitrogens with zero attached hydrogens (tertiary/aromatic N) is 1. The van der Waals surface area contributed by atoms with Crippen molar-refractivity contribution in [3.8, 4) is 0 Å². The first kappa shape index (κ1) is 13.4. The van der Waals surface area contributed by atoms with Crippen molar-refractivity contribution in [1.29, 1.82) is 0 Å². The van der Waals surface area contributed by atoms with Gasteiger partial charge >= 0.3 is 0 Å². The van der Waals surface area contributed by atoms with E-state index >= 15 is 0 Å². The maximum Gasteiger partial charge on any atom is 0.233 e. The van der Waals surface area contributed by atoms with Crippen LogP contribution < -0.4 is 10.6 Å². The van der Waals surface area contributed by atoms with E-state index in [4.69, 9.17) is 0 Å². The van der Waals surface area contributed by atoms with Crippen LogP contribution in [0.5, 0.6) is 0 Å². The van der Waals surface area contributed by atoms with Crippen molar-refractivity contribution in [3.63, 3.8) is 0 Å². The second-order valence-electron chi connectivity index (χ2n) is 4.25. The van der Waals surface area contributed by atoms with Crippen molar-refractivity contribution in [2.45, 2.75) is 25.9 Å². The summed E-state index contributed by atoms with van der Waals surface area (Å²) in [5, 5.41) is 15.4. The molecular formula is C11H23N3O2. The Kier molecular flexibility index (Phi) is 6.37. The molecule has 1 atom stereocenters. The molecule has 0 radical (unpaired) electrons. The molecule has 5 nitrogen and oxygen atoms in total. The van der Waals surface area contributed by atoms with E-state index in [2.05, 4.69) is 15.5 Å². The van der Waals surface area contributed by atoms with E-state index in [9.17, 15) is 9.90 Å². The Morgan fingerprint density at radius 2 is 2.12 bits per heavy atom. The Bertz CT molecular complexity index is 205. The summed E-state index contributed by atoms with van der Waals surface area (Å²) in [6, 6.07) is 0. The number of amides is 1. The van der Waals surface area contributed by atoms with Crippen LogP contribution in [-0.2, 0) is 4.79 Å². The number of nitrogens with one attached hydrogen (secondary N) is 2. The molecule has 0 saturated carbocycles. The van der Waals surface area contributed by atoms with Gasteiger partial charge in [-0.05, 0) is 32.9 Å². The molecule has 1 aliphatic rings. The first-order chi connectivity index (χ1) is 7.72. The third-order valence-corrected chi connectivity index (χ3v) is 2.71. The topological polar surface area (TPSA) is 64.6 Å². The molecule has 1 amide bonds. The Hall–Kier alpha value is -0.650. The quantitative estimate of drug-likeness (QED) is 0.533. The largest absolute Gasteiger partial charge is 0.390 e. The molecule has 16 heavy (non-hydrogen) atoms. The van der Waals surface area contributed by atoms with Crippen molar-refractivity contribution >= 4 is 5.91 Å². The Morgan fingerprint density at radius 3 is 2.75 bits per heavy atom. The SMILES string of the molecule is CCNC(=O)CNCC(O)CN1CCCC1. The van der Waals surface area contributed by atoms with Crippen LogP contribution in [0.2, 0.25) is 0 Å². The summed E-state index contributed by atoms with van der Waals surface area (Å²) in [5.74, 6) is -0.0177. The number of aliphatic hydroxyl groups is 1. The zero-order valence-electron chi connectivity index (χ0n) is 10.0. The molecule has 1 aliphatic heterocycles. The van der Waals surface area contributed by atoms with Crippen molar-refractivity contribution in [2.24, 2.45) is 0 Å². The Labute approximate surface area is 97.2 Å². The molecule has 3 N–H and O–H groups in total. The number of aliphatic hydroxyl groups excluding tert-OH is 1. The first-order valence-electron chi connectivity index (χ1n) is 6.10. The smallest absolute Gasteiger partial charge is 0.233 e. The van der Waals surface area contributed by atoms with Crippen LogP contribution in [0, 0.1) is 0 Å². The predicted octanol–water partition coefficient (Wildman–Crippen LogP) is -0.831. The highest BCUT2D eigenvalue weighted by molar-refractivity contribution is 5.77. The van der Waals surface area contributed by atoms with E-state index < -0.39 is 0 Å². The van der Waals surface area contributed by atoms with Crippen LogP contribution in [-0.4, -0.2) is 61.3 Å². The van der Waals surface area contributed by atoms with Crippen LogP contribution >= 0.6 is 0 Å². The minimum atomic E-state index is -0.382. The molecular weight excluding hydrogens is 206 g/mol. The highest BCUT2D eigenvalue weighted by Gasteiger charge is 2.15. The van der Waals surface area contributed by atoms with Crippen molar-refractivity contribution in [3.05, 3.63) is 0 Å². The van der Waals surface area contributed by atoms with Crippen LogP contribution in [0.25, 0.3) is 0 Å². The summed E-state index contributed by atoms with van der Waals surface area (Å²) in [5.41, 5.74) is 0. The first-order valence-corrected chi connectivity index (χ1v) is 6.10. The highest BCUT2D eigenvalue weighted by atomic mass is 16.3. The van der Waals surface area contributed by atoms with Crippen molar-refractivity contribution < 1.29 is 9.90 Å². The normalized spacial score (nSPS) is 18.6. The van der Waals surface area contributed by atoms with Crippen LogP contribution in [0.3, 0.4) is 0 Å². The van der Waals surface area contributed by atoms with Gasteiger partial charge in [0.1, 0.15) is 0 Å². The summed E-state index contributed by atoms with van der Waals surface area (Å²) in [6.45, 7) is 6.19. The molecule has 0 spiro atoms. The van der Waals surface area contributed by atoms with Gasteiger partial charge in [0.05, 0.1) is 12.6 Å². The average molecular weight is 229 g/mol. The lowest BCUT2D eigenvalue weighted by Gasteiger charge is -2.19. The Morgan fingerprint density at radius 1 is 1.44 bits per heavy atom. The van der Waals surface area contributed by atoms with Gasteiger partial charge in [0.15, 0.2) is 0 Å². The fraction of sp³-hybridized carbons (Fsp3) is 0.909. The van der Waals surface area contributed by atoms with Crippen LogP contribution in [0.15, 0.2) is 0 Å². The van der Waals surface area contributed by atoms with Gasteiger partial charge in [-0.2, -0.15) is 0 Å². The van der Waals surface area contributed by atoms with E-state index in [-0.39, 0.29) is 18.6 Å². The van der Waals surface area contributed by atoms with Gasteiger partial charge in [-0.1, -0.05) is 0 Å². The van der Waals surface area contributed by atoms with Crippen LogP contribution in [0.4, 0.5) is 0 Å². The number of carbonyl (C=O) groups is 1. The van der Waals surface area contributed by atoms with Gasteiger partial charge in [-0.15, -0.1) is 0 Å². The molecule has 1 unspecified atom stereocenters.